The lowest BCUT2D eigenvalue weighted by atomic mass is 9.88. The number of carbonyl (C=O) groups excluding carboxylic acids is 1. The minimum absolute atomic E-state index is 0.0294. The van der Waals surface area contributed by atoms with Crippen molar-refractivity contribution in [2.45, 2.75) is 86.2 Å². The van der Waals surface area contributed by atoms with Gasteiger partial charge in [0.2, 0.25) is 0 Å². The van der Waals surface area contributed by atoms with Crippen LogP contribution in [0.5, 0.6) is 0 Å². The van der Waals surface area contributed by atoms with Crippen LogP contribution in [0, 0.1) is 18.8 Å². The molecule has 0 spiro atoms. The Kier molecular flexibility index (Phi) is 21.3. The maximum Gasteiger partial charge on any atom is 0.297 e. The number of rotatable bonds is 10. The molecule has 5 rings (SSSR count). The molecular weight excluding hydrogens is 706 g/mol. The van der Waals surface area contributed by atoms with E-state index in [9.17, 15) is 13.6 Å². The summed E-state index contributed by atoms with van der Waals surface area (Å²) in [6.45, 7) is 19.3. The molecule has 0 aliphatic carbocycles. The van der Waals surface area contributed by atoms with Crippen LogP contribution in [0.3, 0.4) is 0 Å². The van der Waals surface area contributed by atoms with Gasteiger partial charge in [-0.25, -0.2) is 18.7 Å². The lowest BCUT2D eigenvalue weighted by Gasteiger charge is -2.44. The fraction of sp³-hybridized carbons (Fsp3) is 0.600. The molecule has 1 atom stereocenters. The van der Waals surface area contributed by atoms with Crippen LogP contribution in [-0.4, -0.2) is 67.0 Å². The third kappa shape index (κ3) is 14.8. The number of aryl methyl sites for hydroxylation is 1. The first-order chi connectivity index (χ1) is 23.0. The molecule has 1 unspecified atom stereocenters. The average molecular weight is 760 g/mol. The predicted molar refractivity (Wildman–Crippen MR) is 194 cm³/mol. The molecule has 2 saturated heterocycles. The van der Waals surface area contributed by atoms with Crippen LogP contribution in [0.15, 0.2) is 45.1 Å². The lowest BCUT2D eigenvalue weighted by molar-refractivity contribution is -0.231. The zero-order valence-corrected chi connectivity index (χ0v) is 32.0. The number of hydrogen-bond acceptors (Lipinski definition) is 9. The van der Waals surface area contributed by atoms with E-state index in [2.05, 4.69) is 63.3 Å². The van der Waals surface area contributed by atoms with Gasteiger partial charge in [0.1, 0.15) is 11.4 Å². The Morgan fingerprint density at radius 3 is 2.25 bits per heavy atom. The van der Waals surface area contributed by atoms with E-state index in [0.29, 0.717) is 23.9 Å². The largest absolute Gasteiger partial charge is 0.471 e. The molecule has 0 bridgehead atoms. The maximum absolute atomic E-state index is 12.9. The Morgan fingerprint density at radius 1 is 1.17 bits per heavy atom. The van der Waals surface area contributed by atoms with Crippen molar-refractivity contribution in [3.8, 4) is 10.6 Å². The number of ether oxygens (including phenoxy) is 3. The highest BCUT2D eigenvalue weighted by atomic mass is 79.9. The molecule has 0 saturated carbocycles. The van der Waals surface area contributed by atoms with Crippen LogP contribution in [0.1, 0.15) is 85.0 Å². The first kappa shape index (κ1) is 43.3. The summed E-state index contributed by atoms with van der Waals surface area (Å²) in [7, 11) is 1.31. The Labute approximate surface area is 297 Å². The summed E-state index contributed by atoms with van der Waals surface area (Å²) in [5.74, 6) is 1.58. The number of carbonyl (C=O) groups is 1. The summed E-state index contributed by atoms with van der Waals surface area (Å²) in [5, 5.41) is 1.91. The molecule has 2 fully saturated rings. The fourth-order valence-electron chi connectivity index (χ4n) is 4.33. The van der Waals surface area contributed by atoms with Crippen LogP contribution in [0.2, 0.25) is 0 Å². The van der Waals surface area contributed by atoms with E-state index in [1.165, 1.54) is 31.3 Å². The molecule has 0 aromatic carbocycles. The van der Waals surface area contributed by atoms with Gasteiger partial charge in [-0.1, -0.05) is 54.0 Å². The van der Waals surface area contributed by atoms with Crippen molar-refractivity contribution in [3.63, 3.8) is 0 Å². The monoisotopic (exact) mass is 758 g/mol. The molecule has 0 amide bonds. The molecule has 2 aliphatic heterocycles. The van der Waals surface area contributed by atoms with Crippen molar-refractivity contribution < 1.29 is 27.8 Å². The van der Waals surface area contributed by atoms with Crippen LogP contribution >= 0.6 is 27.3 Å². The van der Waals surface area contributed by atoms with E-state index in [0.717, 1.165) is 66.6 Å². The van der Waals surface area contributed by atoms with Gasteiger partial charge in [-0.2, -0.15) is 0 Å². The van der Waals surface area contributed by atoms with Crippen molar-refractivity contribution in [3.05, 3.63) is 62.1 Å². The number of pyridine rings is 1. The lowest BCUT2D eigenvalue weighted by Crippen LogP contribution is -2.56. The number of hydrogen-bond donors (Lipinski definition) is 1. The van der Waals surface area contributed by atoms with Gasteiger partial charge in [0, 0.05) is 42.0 Å². The molecule has 1 N–H and O–H groups in total. The molecule has 0 radical (unpaired) electrons. The van der Waals surface area contributed by atoms with Crippen LogP contribution in [0.25, 0.3) is 10.6 Å². The standard InChI is InChI=1S/C13H13F2N3S.C12H24O2.C6H6BrNO.C2H4O2.C2H6/c14-12(15)13-16-9(10-4-3-7-19-10)8-11(17-13)18-5-1-2-6-18;1-5-11(4)6-7-14-12(10(2)3)8-13-9-12;1-4-2-5(7)3-8-6(4)9;1-4-2-3;1-2/h3-4,7-8,12H,1-2,5-6H2;10-11H,5-9H2,1-4H3;2-3H,1H3,(H,8,9);2H,1H3;1-2H3. The topological polar surface area (TPSA) is 107 Å². The Hall–Kier alpha value is -2.74. The highest BCUT2D eigenvalue weighted by molar-refractivity contribution is 9.10. The van der Waals surface area contributed by atoms with E-state index in [1.807, 2.05) is 42.3 Å². The summed E-state index contributed by atoms with van der Waals surface area (Å²) < 4.78 is 41.8. The minimum Gasteiger partial charge on any atom is -0.471 e. The molecule has 13 heteroatoms. The summed E-state index contributed by atoms with van der Waals surface area (Å²) in [6.07, 6.45) is 3.57. The quantitative estimate of drug-likeness (QED) is 0.205. The number of aromatic nitrogens is 3. The first-order valence-electron chi connectivity index (χ1n) is 16.4. The highest BCUT2D eigenvalue weighted by Crippen LogP contribution is 2.31. The van der Waals surface area contributed by atoms with E-state index in [1.54, 1.807) is 19.2 Å². The van der Waals surface area contributed by atoms with Gasteiger partial charge < -0.3 is 24.1 Å². The van der Waals surface area contributed by atoms with Crippen LogP contribution in [0.4, 0.5) is 14.6 Å². The highest BCUT2D eigenvalue weighted by Gasteiger charge is 2.42. The van der Waals surface area contributed by atoms with E-state index in [4.69, 9.17) is 14.3 Å². The number of alkyl halides is 2. The van der Waals surface area contributed by atoms with Gasteiger partial charge in [-0.3, -0.25) is 9.59 Å². The molecule has 5 heterocycles. The van der Waals surface area contributed by atoms with Gasteiger partial charge in [0.05, 0.1) is 30.9 Å². The smallest absolute Gasteiger partial charge is 0.297 e. The summed E-state index contributed by atoms with van der Waals surface area (Å²) in [6, 6.07) is 7.36. The molecular formula is C35H53BrF2N4O5S. The third-order valence-corrected chi connectivity index (χ3v) is 9.07. The van der Waals surface area contributed by atoms with Crippen molar-refractivity contribution >= 4 is 39.6 Å². The zero-order chi connectivity index (χ0) is 36.1. The Bertz CT molecular complexity index is 1350. The number of thiophene rings is 1. The number of halogens is 3. The van der Waals surface area contributed by atoms with E-state index in [-0.39, 0.29) is 17.0 Å². The second kappa shape index (κ2) is 23.6. The molecule has 48 heavy (non-hydrogen) atoms. The number of H-pyrrole nitrogens is 1. The summed E-state index contributed by atoms with van der Waals surface area (Å²) in [5.41, 5.74) is 1.32. The van der Waals surface area contributed by atoms with Gasteiger partial charge in [-0.15, -0.1) is 11.3 Å². The van der Waals surface area contributed by atoms with E-state index >= 15 is 0 Å². The molecule has 270 valence electrons. The second-order valence-electron chi connectivity index (χ2n) is 11.5. The molecule has 9 nitrogen and oxygen atoms in total. The maximum atomic E-state index is 12.9. The minimum atomic E-state index is -2.64. The van der Waals surface area contributed by atoms with Crippen molar-refractivity contribution in [2.75, 3.05) is 44.9 Å². The second-order valence-corrected chi connectivity index (χ2v) is 13.3. The van der Waals surface area contributed by atoms with Crippen LogP contribution in [-0.2, 0) is 19.0 Å². The number of aromatic amines is 1. The van der Waals surface area contributed by atoms with Gasteiger partial charge in [0.15, 0.2) is 5.82 Å². The molecule has 3 aromatic heterocycles. The van der Waals surface area contributed by atoms with Crippen molar-refractivity contribution in [1.82, 2.24) is 15.0 Å². The Balaban J connectivity index is 0.000000350. The van der Waals surface area contributed by atoms with Gasteiger partial charge >= 0.3 is 0 Å². The number of nitrogens with one attached hydrogen (secondary N) is 1. The zero-order valence-electron chi connectivity index (χ0n) is 29.6. The Morgan fingerprint density at radius 2 is 1.81 bits per heavy atom. The van der Waals surface area contributed by atoms with Crippen molar-refractivity contribution in [2.24, 2.45) is 11.8 Å². The van der Waals surface area contributed by atoms with Gasteiger partial charge in [0.25, 0.3) is 18.5 Å². The number of nitrogens with zero attached hydrogens (tertiary/aromatic N) is 3. The van der Waals surface area contributed by atoms with E-state index < -0.39 is 6.43 Å². The normalized spacial score (nSPS) is 14.9. The fourth-order valence-corrected chi connectivity index (χ4v) is 5.47. The first-order valence-corrected chi connectivity index (χ1v) is 18.1. The summed E-state index contributed by atoms with van der Waals surface area (Å²) >= 11 is 4.72. The molecule has 2 aliphatic rings. The number of methoxy groups -OCH3 is 1. The SMILES string of the molecule is CC.CCC(C)CCOC1(C(C)C)COC1.COC=O.Cc1cc(Br)c[nH]c1=O.FC(F)c1nc(-c2cccs2)cc(N2CCCC2)n1. The molecule has 3 aromatic rings. The van der Waals surface area contributed by atoms with Gasteiger partial charge in [-0.05, 0) is 71.5 Å². The summed E-state index contributed by atoms with van der Waals surface area (Å²) in [4.78, 5) is 33.1. The van der Waals surface area contributed by atoms with Crippen molar-refractivity contribution in [1.29, 1.82) is 0 Å². The number of anilines is 1. The predicted octanol–water partition coefficient (Wildman–Crippen LogP) is 8.87. The third-order valence-electron chi connectivity index (χ3n) is 7.72. The average Bonchev–Trinajstić information content (AvgIpc) is 3.81. The van der Waals surface area contributed by atoms with Crippen LogP contribution < -0.4 is 10.5 Å².